The third-order valence-electron chi connectivity index (χ3n) is 3.07. The first-order valence-corrected chi connectivity index (χ1v) is 6.72. The fraction of sp³-hybridized carbons (Fsp3) is 0.294. The van der Waals surface area contributed by atoms with Crippen LogP contribution < -0.4 is 5.32 Å². The van der Waals surface area contributed by atoms with Crippen molar-refractivity contribution >= 4 is 5.69 Å². The fourth-order valence-corrected chi connectivity index (χ4v) is 2.21. The average molecular weight is 257 g/mol. The Kier molecular flexibility index (Phi) is 4.56. The van der Waals surface area contributed by atoms with E-state index in [2.05, 4.69) is 31.3 Å². The lowest BCUT2D eigenvalue weighted by molar-refractivity contribution is 0.530. The lowest BCUT2D eigenvalue weighted by atomic mass is 9.97. The van der Waals surface area contributed by atoms with Crippen molar-refractivity contribution in [2.45, 2.75) is 26.3 Å². The summed E-state index contributed by atoms with van der Waals surface area (Å²) in [5.41, 5.74) is 2.06. The van der Waals surface area contributed by atoms with E-state index in [1.807, 2.05) is 24.3 Å². The quantitative estimate of drug-likeness (QED) is 0.792. The largest absolute Gasteiger partial charge is 0.378 e. The van der Waals surface area contributed by atoms with E-state index < -0.39 is 0 Å². The van der Waals surface area contributed by atoms with E-state index in [-0.39, 0.29) is 11.9 Å². The molecule has 2 aromatic carbocycles. The van der Waals surface area contributed by atoms with Gasteiger partial charge in [0.25, 0.3) is 0 Å². The van der Waals surface area contributed by atoms with Gasteiger partial charge in [-0.3, -0.25) is 0 Å². The number of hydrogen-bond acceptors (Lipinski definition) is 1. The molecule has 1 atom stereocenters. The Morgan fingerprint density at radius 2 is 1.74 bits per heavy atom. The van der Waals surface area contributed by atoms with Gasteiger partial charge in [0.1, 0.15) is 5.82 Å². The predicted molar refractivity (Wildman–Crippen MR) is 78.7 cm³/mol. The number of halogens is 1. The maximum Gasteiger partial charge on any atom is 0.125 e. The summed E-state index contributed by atoms with van der Waals surface area (Å²) in [5.74, 6) is 0.368. The van der Waals surface area contributed by atoms with Crippen molar-refractivity contribution in [1.29, 1.82) is 0 Å². The van der Waals surface area contributed by atoms with E-state index in [0.29, 0.717) is 5.92 Å². The van der Waals surface area contributed by atoms with Crippen LogP contribution >= 0.6 is 0 Å². The van der Waals surface area contributed by atoms with Gasteiger partial charge in [0, 0.05) is 5.69 Å². The number of nitrogens with one attached hydrogen (secondary N) is 1. The molecule has 2 rings (SSSR count). The van der Waals surface area contributed by atoms with Gasteiger partial charge in [0.2, 0.25) is 0 Å². The van der Waals surface area contributed by atoms with E-state index in [1.54, 1.807) is 6.07 Å². The van der Waals surface area contributed by atoms with Gasteiger partial charge < -0.3 is 5.32 Å². The highest BCUT2D eigenvalue weighted by molar-refractivity contribution is 5.45. The summed E-state index contributed by atoms with van der Waals surface area (Å²) < 4.78 is 13.2. The molecule has 0 aliphatic heterocycles. The highest BCUT2D eigenvalue weighted by Crippen LogP contribution is 2.26. The first kappa shape index (κ1) is 13.6. The van der Waals surface area contributed by atoms with Gasteiger partial charge in [-0.05, 0) is 36.1 Å². The van der Waals surface area contributed by atoms with Gasteiger partial charge in [0.15, 0.2) is 0 Å². The fourth-order valence-electron chi connectivity index (χ4n) is 2.21. The SMILES string of the molecule is CC(C)CC(Nc1cccc(F)c1)c1ccccc1. The van der Waals surface area contributed by atoms with Crippen LogP contribution in [0.1, 0.15) is 31.9 Å². The monoisotopic (exact) mass is 257 g/mol. The van der Waals surface area contributed by atoms with Crippen LogP contribution in [0.5, 0.6) is 0 Å². The molecule has 2 heteroatoms. The van der Waals surface area contributed by atoms with Crippen molar-refractivity contribution in [2.75, 3.05) is 5.32 Å². The standard InChI is InChI=1S/C17H20FN/c1-13(2)11-17(14-7-4-3-5-8-14)19-16-10-6-9-15(18)12-16/h3-10,12-13,17,19H,11H2,1-2H3. The molecule has 0 fully saturated rings. The Labute approximate surface area is 114 Å². The molecule has 100 valence electrons. The average Bonchev–Trinajstić information content (AvgIpc) is 2.38. The lowest BCUT2D eigenvalue weighted by Crippen LogP contribution is -2.13. The van der Waals surface area contributed by atoms with Gasteiger partial charge in [-0.1, -0.05) is 50.2 Å². The molecule has 0 saturated heterocycles. The highest BCUT2D eigenvalue weighted by Gasteiger charge is 2.13. The molecule has 0 aliphatic carbocycles. The van der Waals surface area contributed by atoms with E-state index in [9.17, 15) is 4.39 Å². The lowest BCUT2D eigenvalue weighted by Gasteiger charge is -2.22. The third kappa shape index (κ3) is 4.09. The van der Waals surface area contributed by atoms with Gasteiger partial charge in [-0.2, -0.15) is 0 Å². The smallest absolute Gasteiger partial charge is 0.125 e. The molecule has 0 bridgehead atoms. The van der Waals surface area contributed by atoms with Crippen molar-refractivity contribution in [3.8, 4) is 0 Å². The van der Waals surface area contributed by atoms with Crippen LogP contribution in [0.4, 0.5) is 10.1 Å². The summed E-state index contributed by atoms with van der Waals surface area (Å²) in [7, 11) is 0. The Morgan fingerprint density at radius 1 is 1.00 bits per heavy atom. The van der Waals surface area contributed by atoms with Crippen molar-refractivity contribution in [3.05, 3.63) is 66.0 Å². The van der Waals surface area contributed by atoms with Crippen LogP contribution in [0.25, 0.3) is 0 Å². The van der Waals surface area contributed by atoms with Crippen molar-refractivity contribution in [2.24, 2.45) is 5.92 Å². The molecule has 1 N–H and O–H groups in total. The molecular weight excluding hydrogens is 237 g/mol. The molecule has 1 nitrogen and oxygen atoms in total. The zero-order valence-corrected chi connectivity index (χ0v) is 11.4. The Hall–Kier alpha value is -1.83. The second kappa shape index (κ2) is 6.37. The van der Waals surface area contributed by atoms with Crippen molar-refractivity contribution in [1.82, 2.24) is 0 Å². The number of benzene rings is 2. The van der Waals surface area contributed by atoms with E-state index in [1.165, 1.54) is 17.7 Å². The van der Waals surface area contributed by atoms with Crippen LogP contribution in [-0.2, 0) is 0 Å². The zero-order valence-electron chi connectivity index (χ0n) is 11.4. The minimum absolute atomic E-state index is 0.207. The summed E-state index contributed by atoms with van der Waals surface area (Å²) >= 11 is 0. The maximum absolute atomic E-state index is 13.2. The Morgan fingerprint density at radius 3 is 2.37 bits per heavy atom. The second-order valence-electron chi connectivity index (χ2n) is 5.25. The van der Waals surface area contributed by atoms with Crippen LogP contribution in [0, 0.1) is 11.7 Å². The molecule has 0 radical (unpaired) electrons. The first-order valence-electron chi connectivity index (χ1n) is 6.72. The summed E-state index contributed by atoms with van der Waals surface area (Å²) in [4.78, 5) is 0. The molecule has 2 aromatic rings. The number of hydrogen-bond donors (Lipinski definition) is 1. The molecule has 0 heterocycles. The zero-order chi connectivity index (χ0) is 13.7. The molecule has 19 heavy (non-hydrogen) atoms. The van der Waals surface area contributed by atoms with Gasteiger partial charge in [-0.15, -0.1) is 0 Å². The topological polar surface area (TPSA) is 12.0 Å². The van der Waals surface area contributed by atoms with Crippen LogP contribution in [0.2, 0.25) is 0 Å². The third-order valence-corrected chi connectivity index (χ3v) is 3.07. The minimum atomic E-state index is -0.207. The molecular formula is C17H20FN. The van der Waals surface area contributed by atoms with Gasteiger partial charge in [0.05, 0.1) is 6.04 Å². The molecule has 0 amide bonds. The van der Waals surface area contributed by atoms with E-state index >= 15 is 0 Å². The number of anilines is 1. The molecule has 0 aliphatic rings. The van der Waals surface area contributed by atoms with Crippen molar-refractivity contribution in [3.63, 3.8) is 0 Å². The van der Waals surface area contributed by atoms with Gasteiger partial charge >= 0.3 is 0 Å². The van der Waals surface area contributed by atoms with Crippen LogP contribution in [0.3, 0.4) is 0 Å². The summed E-state index contributed by atoms with van der Waals surface area (Å²) in [6, 6.07) is 17.2. The molecule has 0 saturated carbocycles. The molecule has 1 unspecified atom stereocenters. The predicted octanol–water partition coefficient (Wildman–Crippen LogP) is 5.03. The molecule has 0 aromatic heterocycles. The Balaban J connectivity index is 2.19. The second-order valence-corrected chi connectivity index (χ2v) is 5.25. The highest BCUT2D eigenvalue weighted by atomic mass is 19.1. The number of rotatable bonds is 5. The normalized spacial score (nSPS) is 12.4. The first-order chi connectivity index (χ1) is 9.15. The van der Waals surface area contributed by atoms with Crippen LogP contribution in [-0.4, -0.2) is 0 Å². The van der Waals surface area contributed by atoms with E-state index in [0.717, 1.165) is 12.1 Å². The summed E-state index contributed by atoms with van der Waals surface area (Å²) in [5, 5.41) is 3.43. The Bertz CT molecular complexity index is 508. The van der Waals surface area contributed by atoms with Crippen molar-refractivity contribution < 1.29 is 4.39 Å². The summed E-state index contributed by atoms with van der Waals surface area (Å²) in [6.07, 6.45) is 1.01. The minimum Gasteiger partial charge on any atom is -0.378 e. The van der Waals surface area contributed by atoms with E-state index in [4.69, 9.17) is 0 Å². The summed E-state index contributed by atoms with van der Waals surface area (Å²) in [6.45, 7) is 4.40. The maximum atomic E-state index is 13.2. The van der Waals surface area contributed by atoms with Crippen LogP contribution in [0.15, 0.2) is 54.6 Å². The van der Waals surface area contributed by atoms with Gasteiger partial charge in [-0.25, -0.2) is 4.39 Å². The molecule has 0 spiro atoms.